The fourth-order valence-electron chi connectivity index (χ4n) is 1.51. The van der Waals surface area contributed by atoms with Gasteiger partial charge in [-0.15, -0.1) is 11.6 Å². The van der Waals surface area contributed by atoms with Gasteiger partial charge in [0.05, 0.1) is 14.2 Å². The van der Waals surface area contributed by atoms with E-state index >= 15 is 0 Å². The minimum Gasteiger partial charge on any atom is -0.493 e. The number of carbonyl (C=O) groups excluding carboxylic acids is 2. The third-order valence-electron chi connectivity index (χ3n) is 2.53. The van der Waals surface area contributed by atoms with Crippen LogP contribution in [-0.2, 0) is 9.59 Å². The Kier molecular flexibility index (Phi) is 6.31. The molecule has 104 valence electrons. The highest BCUT2D eigenvalue weighted by atomic mass is 79.9. The van der Waals surface area contributed by atoms with Crippen molar-refractivity contribution in [1.29, 1.82) is 0 Å². The van der Waals surface area contributed by atoms with Crippen LogP contribution in [0.4, 0.5) is 0 Å². The van der Waals surface area contributed by atoms with E-state index in [2.05, 4.69) is 15.9 Å². The predicted molar refractivity (Wildman–Crippen MR) is 76.6 cm³/mol. The van der Waals surface area contributed by atoms with E-state index in [4.69, 9.17) is 21.1 Å². The summed E-state index contributed by atoms with van der Waals surface area (Å²) in [5.41, 5.74) is 0.630. The summed E-state index contributed by atoms with van der Waals surface area (Å²) in [7, 11) is 3.03. The zero-order valence-corrected chi connectivity index (χ0v) is 13.0. The van der Waals surface area contributed by atoms with Crippen molar-refractivity contribution in [3.63, 3.8) is 0 Å². The number of halogens is 2. The maximum Gasteiger partial charge on any atom is 0.216 e. The number of ketones is 2. The molecule has 1 aromatic rings. The van der Waals surface area contributed by atoms with Gasteiger partial charge in [-0.2, -0.15) is 0 Å². The molecule has 0 amide bonds. The molecule has 0 aromatic heterocycles. The first-order valence-corrected chi connectivity index (χ1v) is 6.99. The molecular weight excluding hydrogens is 335 g/mol. The molecule has 1 atom stereocenters. The SMILES string of the molecule is COc1ccc(C(Br)C(=O)C(=O)CCCl)cc1OC. The molecule has 0 fully saturated rings. The Morgan fingerprint density at radius 3 is 2.42 bits per heavy atom. The van der Waals surface area contributed by atoms with E-state index in [1.165, 1.54) is 14.2 Å². The van der Waals surface area contributed by atoms with Gasteiger partial charge in [-0.25, -0.2) is 0 Å². The molecule has 0 N–H and O–H groups in total. The van der Waals surface area contributed by atoms with Gasteiger partial charge < -0.3 is 9.47 Å². The fourth-order valence-corrected chi connectivity index (χ4v) is 2.22. The smallest absolute Gasteiger partial charge is 0.216 e. The molecule has 19 heavy (non-hydrogen) atoms. The summed E-state index contributed by atoms with van der Waals surface area (Å²) in [5, 5.41) is 0. The third-order valence-corrected chi connectivity index (χ3v) is 3.66. The van der Waals surface area contributed by atoms with Gasteiger partial charge in [-0.1, -0.05) is 22.0 Å². The van der Waals surface area contributed by atoms with E-state index in [0.717, 1.165) is 0 Å². The summed E-state index contributed by atoms with van der Waals surface area (Å²) < 4.78 is 10.3. The monoisotopic (exact) mass is 348 g/mol. The molecule has 6 heteroatoms. The highest BCUT2D eigenvalue weighted by Crippen LogP contribution is 2.33. The molecule has 1 unspecified atom stereocenters. The summed E-state index contributed by atoms with van der Waals surface area (Å²) in [4.78, 5) is 22.7. The van der Waals surface area contributed by atoms with Crippen LogP contribution in [0.1, 0.15) is 16.8 Å². The van der Waals surface area contributed by atoms with Gasteiger partial charge in [-0.3, -0.25) is 9.59 Å². The lowest BCUT2D eigenvalue weighted by molar-refractivity contribution is -0.136. The summed E-state index contributed by atoms with van der Waals surface area (Å²) in [6.45, 7) is 0. The van der Waals surface area contributed by atoms with Gasteiger partial charge in [0.2, 0.25) is 11.6 Å². The Hall–Kier alpha value is -1.07. The van der Waals surface area contributed by atoms with Crippen molar-refractivity contribution in [3.8, 4) is 11.5 Å². The van der Waals surface area contributed by atoms with Gasteiger partial charge in [0.1, 0.15) is 4.83 Å². The Morgan fingerprint density at radius 1 is 1.26 bits per heavy atom. The largest absolute Gasteiger partial charge is 0.493 e. The van der Waals surface area contributed by atoms with E-state index in [9.17, 15) is 9.59 Å². The average molecular weight is 350 g/mol. The lowest BCUT2D eigenvalue weighted by atomic mass is 10.0. The van der Waals surface area contributed by atoms with Gasteiger partial charge in [-0.05, 0) is 17.7 Å². The molecule has 0 heterocycles. The number of benzene rings is 1. The normalized spacial score (nSPS) is 11.8. The van der Waals surface area contributed by atoms with Crippen molar-refractivity contribution in [3.05, 3.63) is 23.8 Å². The minimum atomic E-state index is -0.706. The van der Waals surface area contributed by atoms with Crippen molar-refractivity contribution >= 4 is 39.1 Å². The van der Waals surface area contributed by atoms with Crippen LogP contribution < -0.4 is 9.47 Å². The molecule has 0 bridgehead atoms. The molecule has 0 saturated carbocycles. The van der Waals surface area contributed by atoms with Crippen LogP contribution in [0, 0.1) is 0 Å². The summed E-state index contributed by atoms with van der Waals surface area (Å²) in [6.07, 6.45) is 0.0375. The first kappa shape index (κ1) is 16.0. The zero-order valence-electron chi connectivity index (χ0n) is 10.6. The van der Waals surface area contributed by atoms with E-state index in [1.54, 1.807) is 18.2 Å². The molecule has 1 rings (SSSR count). The summed E-state index contributed by atoms with van der Waals surface area (Å²) in [6, 6.07) is 5.04. The Bertz CT molecular complexity index is 476. The molecule has 0 aliphatic heterocycles. The minimum absolute atomic E-state index is 0.0375. The Balaban J connectivity index is 2.96. The van der Waals surface area contributed by atoms with Crippen LogP contribution >= 0.6 is 27.5 Å². The van der Waals surface area contributed by atoms with Crippen LogP contribution in [-0.4, -0.2) is 31.7 Å². The molecule has 1 aromatic carbocycles. The number of ether oxygens (including phenoxy) is 2. The van der Waals surface area contributed by atoms with Crippen molar-refractivity contribution in [2.75, 3.05) is 20.1 Å². The van der Waals surface area contributed by atoms with Crippen LogP contribution in [0.15, 0.2) is 18.2 Å². The first-order valence-electron chi connectivity index (χ1n) is 5.54. The van der Waals surface area contributed by atoms with Crippen LogP contribution in [0.25, 0.3) is 0 Å². The predicted octanol–water partition coefficient (Wildman–Crippen LogP) is 2.91. The van der Waals surface area contributed by atoms with Gasteiger partial charge in [0, 0.05) is 12.3 Å². The van der Waals surface area contributed by atoms with Gasteiger partial charge >= 0.3 is 0 Å². The van der Waals surface area contributed by atoms with Crippen molar-refractivity contribution < 1.29 is 19.1 Å². The Morgan fingerprint density at radius 2 is 1.89 bits per heavy atom. The van der Waals surface area contributed by atoms with Crippen LogP contribution in [0.5, 0.6) is 11.5 Å². The maximum atomic E-state index is 11.9. The lowest BCUT2D eigenvalue weighted by Gasteiger charge is -2.12. The lowest BCUT2D eigenvalue weighted by Crippen LogP contribution is -2.19. The second kappa shape index (κ2) is 7.50. The number of hydrogen-bond acceptors (Lipinski definition) is 4. The van der Waals surface area contributed by atoms with Crippen molar-refractivity contribution in [2.24, 2.45) is 0 Å². The number of Topliss-reactive ketones (excluding diaryl/α,β-unsaturated/α-hetero) is 2. The van der Waals surface area contributed by atoms with Gasteiger partial charge in [0.15, 0.2) is 11.5 Å². The van der Waals surface area contributed by atoms with E-state index in [0.29, 0.717) is 17.1 Å². The van der Waals surface area contributed by atoms with E-state index < -0.39 is 16.4 Å². The average Bonchev–Trinajstić information content (AvgIpc) is 2.45. The van der Waals surface area contributed by atoms with Crippen molar-refractivity contribution in [2.45, 2.75) is 11.2 Å². The van der Waals surface area contributed by atoms with Crippen LogP contribution in [0.3, 0.4) is 0 Å². The summed E-state index contributed by atoms with van der Waals surface area (Å²) in [5.74, 6) is 0.183. The number of alkyl halides is 2. The molecule has 0 spiro atoms. The first-order chi connectivity index (χ1) is 9.04. The number of rotatable bonds is 7. The standard InChI is InChI=1S/C13H14BrClO4/c1-18-10-4-3-8(7-11(10)19-2)12(14)13(17)9(16)5-6-15/h3-4,7,12H,5-6H2,1-2H3. The molecule has 0 saturated heterocycles. The number of methoxy groups -OCH3 is 2. The molecule has 4 nitrogen and oxygen atoms in total. The highest BCUT2D eigenvalue weighted by molar-refractivity contribution is 9.09. The van der Waals surface area contributed by atoms with E-state index in [1.807, 2.05) is 0 Å². The number of hydrogen-bond donors (Lipinski definition) is 0. The quantitative estimate of drug-likeness (QED) is 0.561. The molecular formula is C13H14BrClO4. The van der Waals surface area contributed by atoms with Crippen molar-refractivity contribution in [1.82, 2.24) is 0 Å². The topological polar surface area (TPSA) is 52.6 Å². The van der Waals surface area contributed by atoms with Gasteiger partial charge in [0.25, 0.3) is 0 Å². The molecule has 0 aliphatic carbocycles. The van der Waals surface area contributed by atoms with Crippen LogP contribution in [0.2, 0.25) is 0 Å². The second-order valence-electron chi connectivity index (χ2n) is 3.70. The molecule has 0 radical (unpaired) electrons. The second-order valence-corrected chi connectivity index (χ2v) is 5.00. The fraction of sp³-hybridized carbons (Fsp3) is 0.385. The maximum absolute atomic E-state index is 11.9. The summed E-state index contributed by atoms with van der Waals surface area (Å²) >= 11 is 8.68. The zero-order chi connectivity index (χ0) is 14.4. The Labute approximate surface area is 125 Å². The molecule has 0 aliphatic rings. The number of carbonyl (C=O) groups is 2. The van der Waals surface area contributed by atoms with E-state index in [-0.39, 0.29) is 12.3 Å². The highest BCUT2D eigenvalue weighted by Gasteiger charge is 2.24. The third kappa shape index (κ3) is 3.94.